The van der Waals surface area contributed by atoms with Gasteiger partial charge in [-0.05, 0) is 30.7 Å². The van der Waals surface area contributed by atoms with E-state index in [-0.39, 0.29) is 6.04 Å². The Bertz CT molecular complexity index is 496. The van der Waals surface area contributed by atoms with Gasteiger partial charge >= 0.3 is 0 Å². The van der Waals surface area contributed by atoms with Crippen molar-refractivity contribution in [2.45, 2.75) is 19.6 Å². The first kappa shape index (κ1) is 13.8. The molecule has 1 atom stereocenters. The van der Waals surface area contributed by atoms with Gasteiger partial charge in [-0.25, -0.2) is 0 Å². The highest BCUT2D eigenvalue weighted by Gasteiger charge is 2.11. The Morgan fingerprint density at radius 3 is 2.37 bits per heavy atom. The van der Waals surface area contributed by atoms with Crippen LogP contribution in [0.1, 0.15) is 22.7 Å². The lowest BCUT2D eigenvalue weighted by molar-refractivity contribution is 0.100. The van der Waals surface area contributed by atoms with Crippen molar-refractivity contribution in [1.82, 2.24) is 5.32 Å². The van der Waals surface area contributed by atoms with E-state index in [2.05, 4.69) is 48.6 Å². The minimum atomic E-state index is 0.241. The molecule has 0 spiro atoms. The van der Waals surface area contributed by atoms with Gasteiger partial charge in [-0.2, -0.15) is 0 Å². The second kappa shape index (κ2) is 7.07. The van der Waals surface area contributed by atoms with E-state index in [9.17, 15) is 0 Å². The number of likely N-dealkylation sites (N-methyl/N-ethyl adjacent to an activating group) is 1. The van der Waals surface area contributed by atoms with Crippen LogP contribution >= 0.6 is 0 Å². The maximum atomic E-state index is 5.82. The number of aryl methyl sites for hydroxylation is 1. The molecule has 2 heteroatoms. The van der Waals surface area contributed by atoms with E-state index in [1.54, 1.807) is 0 Å². The molecule has 0 saturated carbocycles. The first-order valence-electron chi connectivity index (χ1n) is 6.65. The van der Waals surface area contributed by atoms with Crippen LogP contribution in [0.3, 0.4) is 0 Å². The van der Waals surface area contributed by atoms with E-state index in [0.29, 0.717) is 13.2 Å². The third-order valence-corrected chi connectivity index (χ3v) is 3.31. The van der Waals surface area contributed by atoms with Gasteiger partial charge in [0, 0.05) is 0 Å². The molecule has 19 heavy (non-hydrogen) atoms. The van der Waals surface area contributed by atoms with Crippen LogP contribution in [0.2, 0.25) is 0 Å². The molecule has 2 nitrogen and oxygen atoms in total. The van der Waals surface area contributed by atoms with Crippen LogP contribution in [0.15, 0.2) is 54.6 Å². The third-order valence-electron chi connectivity index (χ3n) is 3.31. The van der Waals surface area contributed by atoms with Crippen molar-refractivity contribution >= 4 is 0 Å². The molecule has 0 saturated heterocycles. The Balaban J connectivity index is 1.92. The molecule has 0 heterocycles. The van der Waals surface area contributed by atoms with Crippen molar-refractivity contribution in [3.8, 4) is 0 Å². The summed E-state index contributed by atoms with van der Waals surface area (Å²) in [6.07, 6.45) is 0. The molecule has 0 fully saturated rings. The van der Waals surface area contributed by atoms with Gasteiger partial charge in [0.1, 0.15) is 0 Å². The van der Waals surface area contributed by atoms with Crippen LogP contribution < -0.4 is 5.32 Å². The summed E-state index contributed by atoms with van der Waals surface area (Å²) in [4.78, 5) is 0. The SMILES string of the molecule is CNC(COCc1ccccc1)c1ccccc1C. The van der Waals surface area contributed by atoms with Crippen molar-refractivity contribution in [3.63, 3.8) is 0 Å². The second-order valence-electron chi connectivity index (χ2n) is 4.70. The minimum Gasteiger partial charge on any atom is -0.375 e. The molecule has 0 amide bonds. The van der Waals surface area contributed by atoms with E-state index in [0.717, 1.165) is 0 Å². The van der Waals surface area contributed by atoms with Crippen LogP contribution in [-0.4, -0.2) is 13.7 Å². The molecule has 0 aliphatic carbocycles. The fourth-order valence-electron chi connectivity index (χ4n) is 2.18. The smallest absolute Gasteiger partial charge is 0.0717 e. The number of ether oxygens (including phenoxy) is 1. The monoisotopic (exact) mass is 255 g/mol. The molecule has 0 aromatic heterocycles. The topological polar surface area (TPSA) is 21.3 Å². The lowest BCUT2D eigenvalue weighted by Gasteiger charge is -2.19. The maximum Gasteiger partial charge on any atom is 0.0717 e. The van der Waals surface area contributed by atoms with Crippen LogP contribution in [0.25, 0.3) is 0 Å². The maximum absolute atomic E-state index is 5.82. The number of nitrogens with one attached hydrogen (secondary N) is 1. The van der Waals surface area contributed by atoms with Crippen molar-refractivity contribution in [1.29, 1.82) is 0 Å². The quantitative estimate of drug-likeness (QED) is 0.853. The number of hydrogen-bond acceptors (Lipinski definition) is 2. The summed E-state index contributed by atoms with van der Waals surface area (Å²) >= 11 is 0. The number of rotatable bonds is 6. The van der Waals surface area contributed by atoms with Crippen LogP contribution in [-0.2, 0) is 11.3 Å². The molecular formula is C17H21NO. The van der Waals surface area contributed by atoms with Gasteiger partial charge in [-0.1, -0.05) is 54.6 Å². The molecule has 1 unspecified atom stereocenters. The van der Waals surface area contributed by atoms with Gasteiger partial charge < -0.3 is 10.1 Å². The number of benzene rings is 2. The fourth-order valence-corrected chi connectivity index (χ4v) is 2.18. The second-order valence-corrected chi connectivity index (χ2v) is 4.70. The summed E-state index contributed by atoms with van der Waals surface area (Å²) < 4.78 is 5.82. The largest absolute Gasteiger partial charge is 0.375 e. The molecule has 2 aromatic carbocycles. The van der Waals surface area contributed by atoms with Crippen LogP contribution in [0.5, 0.6) is 0 Å². The lowest BCUT2D eigenvalue weighted by atomic mass is 10.0. The summed E-state index contributed by atoms with van der Waals surface area (Å²) in [6.45, 7) is 3.47. The Kier molecular flexibility index (Phi) is 5.13. The highest BCUT2D eigenvalue weighted by molar-refractivity contribution is 5.28. The van der Waals surface area contributed by atoms with Crippen LogP contribution in [0.4, 0.5) is 0 Å². The molecule has 1 N–H and O–H groups in total. The van der Waals surface area contributed by atoms with Crippen molar-refractivity contribution < 1.29 is 4.74 Å². The zero-order valence-electron chi connectivity index (χ0n) is 11.6. The van der Waals surface area contributed by atoms with Crippen molar-refractivity contribution in [3.05, 3.63) is 71.3 Å². The normalized spacial score (nSPS) is 12.3. The van der Waals surface area contributed by atoms with Gasteiger partial charge in [0.2, 0.25) is 0 Å². The standard InChI is InChI=1S/C17H21NO/c1-14-8-6-7-11-16(14)17(18-2)13-19-12-15-9-4-3-5-10-15/h3-11,17-18H,12-13H2,1-2H3. The Morgan fingerprint density at radius 2 is 1.68 bits per heavy atom. The van der Waals surface area contributed by atoms with Gasteiger partial charge in [-0.15, -0.1) is 0 Å². The van der Waals surface area contributed by atoms with Crippen molar-refractivity contribution in [2.24, 2.45) is 0 Å². The molecule has 0 radical (unpaired) electrons. The highest BCUT2D eigenvalue weighted by atomic mass is 16.5. The Labute approximate surface area is 115 Å². The first-order chi connectivity index (χ1) is 9.31. The van der Waals surface area contributed by atoms with Gasteiger partial charge in [0.05, 0.1) is 19.3 Å². The third kappa shape index (κ3) is 3.91. The molecular weight excluding hydrogens is 234 g/mol. The summed E-state index contributed by atoms with van der Waals surface area (Å²) in [5.74, 6) is 0. The molecule has 100 valence electrons. The molecule has 0 aliphatic rings. The summed E-state index contributed by atoms with van der Waals surface area (Å²) in [5.41, 5.74) is 3.81. The molecule has 0 bridgehead atoms. The minimum absolute atomic E-state index is 0.241. The Hall–Kier alpha value is -1.64. The summed E-state index contributed by atoms with van der Waals surface area (Å²) in [6, 6.07) is 18.9. The molecule has 2 rings (SSSR count). The van der Waals surface area contributed by atoms with E-state index in [1.807, 2.05) is 25.2 Å². The zero-order valence-corrected chi connectivity index (χ0v) is 11.6. The zero-order chi connectivity index (χ0) is 13.5. The molecule has 0 aliphatic heterocycles. The average molecular weight is 255 g/mol. The van der Waals surface area contributed by atoms with E-state index >= 15 is 0 Å². The lowest BCUT2D eigenvalue weighted by Crippen LogP contribution is -2.22. The fraction of sp³-hybridized carbons (Fsp3) is 0.294. The predicted octanol–water partition coefficient (Wildman–Crippen LogP) is 3.47. The predicted molar refractivity (Wildman–Crippen MR) is 79.1 cm³/mol. The first-order valence-corrected chi connectivity index (χ1v) is 6.65. The van der Waals surface area contributed by atoms with E-state index in [4.69, 9.17) is 4.74 Å². The van der Waals surface area contributed by atoms with Crippen LogP contribution in [0, 0.1) is 6.92 Å². The number of hydrogen-bond donors (Lipinski definition) is 1. The van der Waals surface area contributed by atoms with Gasteiger partial charge in [0.15, 0.2) is 0 Å². The highest BCUT2D eigenvalue weighted by Crippen LogP contribution is 2.17. The van der Waals surface area contributed by atoms with Crippen molar-refractivity contribution in [2.75, 3.05) is 13.7 Å². The Morgan fingerprint density at radius 1 is 1.00 bits per heavy atom. The van der Waals surface area contributed by atoms with Gasteiger partial charge in [-0.3, -0.25) is 0 Å². The van der Waals surface area contributed by atoms with E-state index < -0.39 is 0 Å². The molecule has 2 aromatic rings. The average Bonchev–Trinajstić information content (AvgIpc) is 2.46. The van der Waals surface area contributed by atoms with E-state index in [1.165, 1.54) is 16.7 Å². The van der Waals surface area contributed by atoms with Gasteiger partial charge in [0.25, 0.3) is 0 Å². The summed E-state index contributed by atoms with van der Waals surface area (Å²) in [7, 11) is 1.98. The summed E-state index contributed by atoms with van der Waals surface area (Å²) in [5, 5.41) is 3.32.